The van der Waals surface area contributed by atoms with Crippen LogP contribution in [-0.2, 0) is 24.7 Å². The van der Waals surface area contributed by atoms with Crippen molar-refractivity contribution < 1.29 is 19.1 Å². The van der Waals surface area contributed by atoms with E-state index < -0.39 is 11.9 Å². The summed E-state index contributed by atoms with van der Waals surface area (Å²) in [6.07, 6.45) is 2.98. The largest absolute Gasteiger partial charge is 0.454 e. The zero-order valence-electron chi connectivity index (χ0n) is 16.5. The Balaban J connectivity index is 1.22. The van der Waals surface area contributed by atoms with Gasteiger partial charge in [-0.05, 0) is 37.0 Å². The maximum atomic E-state index is 12.8. The van der Waals surface area contributed by atoms with Crippen molar-refractivity contribution in [3.05, 3.63) is 39.0 Å². The summed E-state index contributed by atoms with van der Waals surface area (Å²) in [5.41, 5.74) is 1.51. The Morgan fingerprint density at radius 2 is 2.10 bits per heavy atom. The minimum absolute atomic E-state index is 0.0502. The fourth-order valence-corrected chi connectivity index (χ4v) is 5.74. The van der Waals surface area contributed by atoms with Crippen molar-refractivity contribution in [2.75, 3.05) is 17.9 Å². The average molecular weight is 459 g/mol. The maximum Gasteiger partial charge on any atom is 0.325 e. The number of urea groups is 1. The van der Waals surface area contributed by atoms with Crippen molar-refractivity contribution in [3.63, 3.8) is 0 Å². The first-order valence-electron chi connectivity index (χ1n) is 9.64. The Hall–Kier alpha value is -3.05. The fraction of sp³-hybridized carbons (Fsp3) is 0.300. The number of amides is 3. The van der Waals surface area contributed by atoms with Crippen molar-refractivity contribution in [3.8, 4) is 11.5 Å². The van der Waals surface area contributed by atoms with Crippen molar-refractivity contribution in [1.82, 2.24) is 14.9 Å². The molecule has 0 saturated carbocycles. The molecule has 2 N–H and O–H groups in total. The minimum atomic E-state index is -0.656. The standard InChI is InChI=1S/C20H18N4O5S2/c1-24-18(26)16-11-3-2-4-14(11)31-17(16)23-20(24)30-8-15(25)22-19(27)21-10-5-6-12-13(7-10)29-9-28-12/h5-7H,2-4,8-9H2,1H3,(H2,21,22,25,27). The van der Waals surface area contributed by atoms with Crippen LogP contribution >= 0.6 is 23.1 Å². The van der Waals surface area contributed by atoms with Crippen LogP contribution in [0.3, 0.4) is 0 Å². The lowest BCUT2D eigenvalue weighted by atomic mass is 10.2. The van der Waals surface area contributed by atoms with E-state index >= 15 is 0 Å². The number of rotatable bonds is 4. The molecule has 2 aliphatic rings. The number of thiophene rings is 1. The molecule has 0 atom stereocenters. The first-order chi connectivity index (χ1) is 15.0. The number of imide groups is 1. The van der Waals surface area contributed by atoms with Crippen LogP contribution < -0.4 is 25.7 Å². The summed E-state index contributed by atoms with van der Waals surface area (Å²) in [5.74, 6) is 0.586. The van der Waals surface area contributed by atoms with Gasteiger partial charge in [-0.15, -0.1) is 11.3 Å². The number of fused-ring (bicyclic) bond motifs is 4. The molecule has 160 valence electrons. The summed E-state index contributed by atoms with van der Waals surface area (Å²) in [5, 5.41) is 6.01. The van der Waals surface area contributed by atoms with E-state index in [1.54, 1.807) is 36.6 Å². The monoisotopic (exact) mass is 458 g/mol. The highest BCUT2D eigenvalue weighted by atomic mass is 32.2. The van der Waals surface area contributed by atoms with Crippen molar-refractivity contribution in [2.24, 2.45) is 7.05 Å². The van der Waals surface area contributed by atoms with Gasteiger partial charge in [0, 0.05) is 23.7 Å². The van der Waals surface area contributed by atoms with Gasteiger partial charge in [0.2, 0.25) is 12.7 Å². The maximum absolute atomic E-state index is 12.8. The summed E-state index contributed by atoms with van der Waals surface area (Å²) >= 11 is 2.68. The summed E-state index contributed by atoms with van der Waals surface area (Å²) in [4.78, 5) is 43.7. The second kappa shape index (κ2) is 7.89. The number of ether oxygens (including phenoxy) is 2. The molecule has 3 heterocycles. The van der Waals surface area contributed by atoms with Crippen LogP contribution in [0.15, 0.2) is 28.2 Å². The van der Waals surface area contributed by atoms with Crippen LogP contribution in [0.25, 0.3) is 10.2 Å². The van der Waals surface area contributed by atoms with E-state index in [0.29, 0.717) is 27.7 Å². The molecule has 1 aromatic carbocycles. The van der Waals surface area contributed by atoms with Crippen LogP contribution in [0.1, 0.15) is 16.9 Å². The number of hydrogen-bond donors (Lipinski definition) is 2. The molecule has 2 aromatic heterocycles. The minimum Gasteiger partial charge on any atom is -0.454 e. The molecule has 5 rings (SSSR count). The van der Waals surface area contributed by atoms with Crippen molar-refractivity contribution in [2.45, 2.75) is 24.4 Å². The summed E-state index contributed by atoms with van der Waals surface area (Å²) < 4.78 is 12.0. The number of carbonyl (C=O) groups excluding carboxylic acids is 2. The number of carbonyl (C=O) groups is 2. The molecular weight excluding hydrogens is 440 g/mol. The van der Waals surface area contributed by atoms with Gasteiger partial charge in [0.1, 0.15) is 4.83 Å². The Morgan fingerprint density at radius 1 is 1.26 bits per heavy atom. The van der Waals surface area contributed by atoms with Gasteiger partial charge in [-0.3, -0.25) is 19.5 Å². The third-order valence-corrected chi connectivity index (χ3v) is 7.34. The van der Waals surface area contributed by atoms with Crippen molar-refractivity contribution in [1.29, 1.82) is 0 Å². The van der Waals surface area contributed by atoms with Gasteiger partial charge in [0.25, 0.3) is 5.56 Å². The normalized spacial score (nSPS) is 14.0. The highest BCUT2D eigenvalue weighted by Gasteiger charge is 2.23. The molecule has 9 nitrogen and oxygen atoms in total. The fourth-order valence-electron chi connectivity index (χ4n) is 3.66. The topological polar surface area (TPSA) is 112 Å². The lowest BCUT2D eigenvalue weighted by Gasteiger charge is -2.09. The molecule has 0 spiro atoms. The first kappa shape index (κ1) is 19.9. The third-order valence-electron chi connectivity index (χ3n) is 5.12. The van der Waals surface area contributed by atoms with Gasteiger partial charge in [-0.2, -0.15) is 0 Å². The van der Waals surface area contributed by atoms with Crippen LogP contribution in [0.4, 0.5) is 10.5 Å². The molecule has 1 aliphatic carbocycles. The van der Waals surface area contributed by atoms with E-state index in [2.05, 4.69) is 15.6 Å². The number of hydrogen-bond acceptors (Lipinski definition) is 8. The summed E-state index contributed by atoms with van der Waals surface area (Å²) in [6.45, 7) is 0.136. The molecule has 3 aromatic rings. The van der Waals surface area contributed by atoms with E-state index in [4.69, 9.17) is 9.47 Å². The van der Waals surface area contributed by atoms with E-state index in [-0.39, 0.29) is 18.1 Å². The number of aryl methyl sites for hydroxylation is 2. The Bertz CT molecular complexity index is 1280. The van der Waals surface area contributed by atoms with Crippen molar-refractivity contribution >= 4 is 50.9 Å². The van der Waals surface area contributed by atoms with Gasteiger partial charge in [-0.1, -0.05) is 11.8 Å². The molecule has 3 amide bonds. The SMILES string of the molecule is Cn1c(SCC(=O)NC(=O)Nc2ccc3c(c2)OCO3)nc2sc3c(c2c1=O)CCC3. The lowest BCUT2D eigenvalue weighted by Crippen LogP contribution is -2.35. The van der Waals surface area contributed by atoms with E-state index in [1.807, 2.05) is 0 Å². The van der Waals surface area contributed by atoms with Gasteiger partial charge < -0.3 is 14.8 Å². The highest BCUT2D eigenvalue weighted by molar-refractivity contribution is 7.99. The number of anilines is 1. The number of thioether (sulfide) groups is 1. The van der Waals surface area contributed by atoms with Crippen LogP contribution in [0, 0.1) is 0 Å². The molecule has 1 aliphatic heterocycles. The third kappa shape index (κ3) is 3.74. The van der Waals surface area contributed by atoms with E-state index in [9.17, 15) is 14.4 Å². The molecule has 0 saturated heterocycles. The van der Waals surface area contributed by atoms with Gasteiger partial charge >= 0.3 is 6.03 Å². The number of nitrogens with zero attached hydrogens (tertiary/aromatic N) is 2. The second-order valence-electron chi connectivity index (χ2n) is 7.16. The molecule has 0 unspecified atom stereocenters. The van der Waals surface area contributed by atoms with Gasteiger partial charge in [-0.25, -0.2) is 9.78 Å². The van der Waals surface area contributed by atoms with Crippen LogP contribution in [0.2, 0.25) is 0 Å². The predicted octanol–water partition coefficient (Wildman–Crippen LogP) is 2.65. The summed E-state index contributed by atoms with van der Waals surface area (Å²) in [7, 11) is 1.65. The molecule has 0 bridgehead atoms. The zero-order chi connectivity index (χ0) is 21.5. The summed E-state index contributed by atoms with van der Waals surface area (Å²) in [6, 6.07) is 4.29. The van der Waals surface area contributed by atoms with Gasteiger partial charge in [0.05, 0.1) is 11.1 Å². The zero-order valence-corrected chi connectivity index (χ0v) is 18.2. The first-order valence-corrected chi connectivity index (χ1v) is 11.4. The second-order valence-corrected chi connectivity index (χ2v) is 9.18. The van der Waals surface area contributed by atoms with Gasteiger partial charge in [0.15, 0.2) is 16.7 Å². The molecule has 0 fully saturated rings. The highest BCUT2D eigenvalue weighted by Crippen LogP contribution is 2.36. The smallest absolute Gasteiger partial charge is 0.325 e. The van der Waals surface area contributed by atoms with Crippen LogP contribution in [-0.4, -0.2) is 34.0 Å². The Morgan fingerprint density at radius 3 is 2.97 bits per heavy atom. The van der Waals surface area contributed by atoms with E-state index in [1.165, 1.54) is 9.44 Å². The molecular formula is C20H18N4O5S2. The predicted molar refractivity (Wildman–Crippen MR) is 117 cm³/mol. The quantitative estimate of drug-likeness (QED) is 0.457. The molecule has 11 heteroatoms. The number of benzene rings is 1. The lowest BCUT2D eigenvalue weighted by molar-refractivity contribution is -0.117. The number of nitrogens with one attached hydrogen (secondary N) is 2. The average Bonchev–Trinajstić information content (AvgIpc) is 3.44. The molecule has 31 heavy (non-hydrogen) atoms. The number of aromatic nitrogens is 2. The van der Waals surface area contributed by atoms with E-state index in [0.717, 1.165) is 41.4 Å². The Kier molecular flexibility index (Phi) is 5.06. The molecule has 0 radical (unpaired) electrons. The Labute approximate surface area is 184 Å². The van der Waals surface area contributed by atoms with Crippen LogP contribution in [0.5, 0.6) is 11.5 Å².